The van der Waals surface area contributed by atoms with Gasteiger partial charge in [-0.05, 0) is 18.6 Å². The lowest BCUT2D eigenvalue weighted by Gasteiger charge is -2.09. The molecule has 0 atom stereocenters. The molecular formula is C11H12ClNO. The van der Waals surface area contributed by atoms with Gasteiger partial charge in [0.05, 0.1) is 17.3 Å². The number of anilines is 1. The topological polar surface area (TPSA) is 35.2 Å². The van der Waals surface area contributed by atoms with Crippen molar-refractivity contribution in [3.8, 4) is 18.1 Å². The molecule has 0 aromatic heterocycles. The first kappa shape index (κ1) is 10.7. The van der Waals surface area contributed by atoms with E-state index in [1.165, 1.54) is 0 Å². The molecule has 0 saturated carbocycles. The van der Waals surface area contributed by atoms with Gasteiger partial charge in [0.25, 0.3) is 0 Å². The van der Waals surface area contributed by atoms with Gasteiger partial charge in [-0.2, -0.15) is 0 Å². The molecule has 0 heterocycles. The smallest absolute Gasteiger partial charge is 0.160 e. The molecule has 0 spiro atoms. The average Bonchev–Trinajstić information content (AvgIpc) is 2.16. The fraction of sp³-hybridized carbons (Fsp3) is 0.273. The number of ether oxygens (including phenoxy) is 1. The van der Waals surface area contributed by atoms with Crippen molar-refractivity contribution in [1.29, 1.82) is 0 Å². The Morgan fingerprint density at radius 3 is 2.93 bits per heavy atom. The number of rotatable bonds is 4. The van der Waals surface area contributed by atoms with E-state index in [2.05, 4.69) is 5.92 Å². The minimum atomic E-state index is 0.533. The second kappa shape index (κ2) is 5.41. The summed E-state index contributed by atoms with van der Waals surface area (Å²) in [5.41, 5.74) is 6.24. The number of hydrogen-bond donors (Lipinski definition) is 1. The third kappa shape index (κ3) is 2.86. The predicted molar refractivity (Wildman–Crippen MR) is 59.4 cm³/mol. The summed E-state index contributed by atoms with van der Waals surface area (Å²) in [5.74, 6) is 3.09. The second-order valence-corrected chi connectivity index (χ2v) is 3.22. The van der Waals surface area contributed by atoms with E-state index in [1.54, 1.807) is 18.2 Å². The summed E-state index contributed by atoms with van der Waals surface area (Å²) in [7, 11) is 0. The number of nitrogens with two attached hydrogens (primary N) is 1. The molecule has 0 radical (unpaired) electrons. The van der Waals surface area contributed by atoms with Crippen molar-refractivity contribution < 1.29 is 4.74 Å². The van der Waals surface area contributed by atoms with Crippen LogP contribution in [0.15, 0.2) is 18.2 Å². The average molecular weight is 210 g/mol. The molecule has 1 aromatic carbocycles. The maximum absolute atomic E-state index is 5.90. The largest absolute Gasteiger partial charge is 0.490 e. The molecule has 0 aliphatic carbocycles. The van der Waals surface area contributed by atoms with Crippen LogP contribution in [0.2, 0.25) is 5.02 Å². The van der Waals surface area contributed by atoms with Gasteiger partial charge in [-0.25, -0.2) is 0 Å². The molecule has 0 aliphatic rings. The fourth-order valence-electron chi connectivity index (χ4n) is 1.03. The fourth-order valence-corrected chi connectivity index (χ4v) is 1.26. The van der Waals surface area contributed by atoms with Crippen LogP contribution in [0.25, 0.3) is 0 Å². The Labute approximate surface area is 89.0 Å². The molecule has 1 rings (SSSR count). The summed E-state index contributed by atoms with van der Waals surface area (Å²) >= 11 is 5.90. The molecule has 0 unspecified atom stereocenters. The van der Waals surface area contributed by atoms with Gasteiger partial charge in [-0.3, -0.25) is 0 Å². The van der Waals surface area contributed by atoms with Crippen LogP contribution in [0.4, 0.5) is 5.69 Å². The molecule has 0 aliphatic heterocycles. The first-order chi connectivity index (χ1) is 6.75. The lowest BCUT2D eigenvalue weighted by atomic mass is 10.3. The molecule has 0 saturated heterocycles. The third-order valence-corrected chi connectivity index (χ3v) is 2.01. The van der Waals surface area contributed by atoms with Crippen molar-refractivity contribution in [2.45, 2.75) is 12.8 Å². The summed E-state index contributed by atoms with van der Waals surface area (Å²) in [4.78, 5) is 0. The molecule has 74 valence electrons. The van der Waals surface area contributed by atoms with Gasteiger partial charge in [-0.15, -0.1) is 12.3 Å². The molecule has 2 nitrogen and oxygen atoms in total. The van der Waals surface area contributed by atoms with Gasteiger partial charge >= 0.3 is 0 Å². The van der Waals surface area contributed by atoms with Crippen LogP contribution in [0.5, 0.6) is 5.75 Å². The van der Waals surface area contributed by atoms with Gasteiger partial charge in [0, 0.05) is 6.42 Å². The molecule has 14 heavy (non-hydrogen) atoms. The Balaban J connectivity index is 2.54. The second-order valence-electron chi connectivity index (χ2n) is 2.81. The van der Waals surface area contributed by atoms with E-state index in [4.69, 9.17) is 28.5 Å². The van der Waals surface area contributed by atoms with Gasteiger partial charge in [-0.1, -0.05) is 17.7 Å². The van der Waals surface area contributed by atoms with Crippen LogP contribution in [-0.4, -0.2) is 6.61 Å². The predicted octanol–water partition coefficient (Wildman–Crippen LogP) is 2.71. The van der Waals surface area contributed by atoms with Crippen molar-refractivity contribution in [1.82, 2.24) is 0 Å². The number of terminal acetylenes is 1. The lowest BCUT2D eigenvalue weighted by Crippen LogP contribution is -2.00. The highest BCUT2D eigenvalue weighted by Crippen LogP contribution is 2.30. The minimum absolute atomic E-state index is 0.533. The summed E-state index contributed by atoms with van der Waals surface area (Å²) in [6.45, 7) is 0.540. The Bertz CT molecular complexity index is 323. The molecular weight excluding hydrogens is 198 g/mol. The summed E-state index contributed by atoms with van der Waals surface area (Å²) in [6.07, 6.45) is 6.62. The third-order valence-electron chi connectivity index (χ3n) is 1.71. The van der Waals surface area contributed by atoms with E-state index < -0.39 is 0 Å². The van der Waals surface area contributed by atoms with Crippen molar-refractivity contribution in [3.05, 3.63) is 23.2 Å². The van der Waals surface area contributed by atoms with Crippen molar-refractivity contribution in [3.63, 3.8) is 0 Å². The highest BCUT2D eigenvalue weighted by Gasteiger charge is 2.04. The number of hydrogen-bond acceptors (Lipinski definition) is 2. The van der Waals surface area contributed by atoms with Gasteiger partial charge in [0.1, 0.15) is 0 Å². The van der Waals surface area contributed by atoms with Crippen molar-refractivity contribution in [2.75, 3.05) is 12.3 Å². The van der Waals surface area contributed by atoms with Crippen LogP contribution in [0, 0.1) is 12.3 Å². The standard InChI is InChI=1S/C11H12ClNO/c1-2-3-4-8-14-11-9(12)6-5-7-10(11)13/h1,5-7H,3-4,8,13H2. The van der Waals surface area contributed by atoms with Crippen LogP contribution in [0.1, 0.15) is 12.8 Å². The summed E-state index contributed by atoms with van der Waals surface area (Å²) in [5, 5.41) is 0.533. The van der Waals surface area contributed by atoms with E-state index in [-0.39, 0.29) is 0 Å². The van der Waals surface area contributed by atoms with E-state index >= 15 is 0 Å². The summed E-state index contributed by atoms with van der Waals surface area (Å²) < 4.78 is 5.42. The number of nitrogen functional groups attached to an aromatic ring is 1. The van der Waals surface area contributed by atoms with Gasteiger partial charge in [0.15, 0.2) is 5.75 Å². The molecule has 0 fully saturated rings. The highest BCUT2D eigenvalue weighted by atomic mass is 35.5. The lowest BCUT2D eigenvalue weighted by molar-refractivity contribution is 0.315. The normalized spacial score (nSPS) is 9.43. The summed E-state index contributed by atoms with van der Waals surface area (Å²) in [6, 6.07) is 5.28. The first-order valence-electron chi connectivity index (χ1n) is 4.36. The molecule has 1 aromatic rings. The zero-order valence-electron chi connectivity index (χ0n) is 7.79. The van der Waals surface area contributed by atoms with Crippen molar-refractivity contribution >= 4 is 17.3 Å². The zero-order valence-corrected chi connectivity index (χ0v) is 8.55. The Hall–Kier alpha value is -1.33. The SMILES string of the molecule is C#CCCCOc1c(N)cccc1Cl. The maximum Gasteiger partial charge on any atom is 0.160 e. The number of unbranched alkanes of at least 4 members (excludes halogenated alkanes) is 1. The molecule has 0 bridgehead atoms. The maximum atomic E-state index is 5.90. The van der Waals surface area contributed by atoms with Crippen LogP contribution < -0.4 is 10.5 Å². The van der Waals surface area contributed by atoms with Gasteiger partial charge < -0.3 is 10.5 Å². The van der Waals surface area contributed by atoms with Crippen LogP contribution in [-0.2, 0) is 0 Å². The first-order valence-corrected chi connectivity index (χ1v) is 4.73. The number of halogens is 1. The quantitative estimate of drug-likeness (QED) is 0.470. The minimum Gasteiger partial charge on any atom is -0.490 e. The highest BCUT2D eigenvalue weighted by molar-refractivity contribution is 6.32. The molecule has 0 amide bonds. The Morgan fingerprint density at radius 1 is 1.50 bits per heavy atom. The Morgan fingerprint density at radius 2 is 2.29 bits per heavy atom. The van der Waals surface area contributed by atoms with Crippen LogP contribution >= 0.6 is 11.6 Å². The van der Waals surface area contributed by atoms with E-state index in [0.29, 0.717) is 29.5 Å². The monoisotopic (exact) mass is 209 g/mol. The van der Waals surface area contributed by atoms with Gasteiger partial charge in [0.2, 0.25) is 0 Å². The number of para-hydroxylation sites is 1. The molecule has 3 heteroatoms. The van der Waals surface area contributed by atoms with E-state index in [0.717, 1.165) is 6.42 Å². The van der Waals surface area contributed by atoms with Crippen LogP contribution in [0.3, 0.4) is 0 Å². The Kier molecular flexibility index (Phi) is 4.15. The van der Waals surface area contributed by atoms with E-state index in [1.807, 2.05) is 0 Å². The van der Waals surface area contributed by atoms with E-state index in [9.17, 15) is 0 Å². The zero-order chi connectivity index (χ0) is 10.4. The van der Waals surface area contributed by atoms with Crippen molar-refractivity contribution in [2.24, 2.45) is 0 Å². The number of benzene rings is 1. The molecule has 2 N–H and O–H groups in total.